The summed E-state index contributed by atoms with van der Waals surface area (Å²) >= 11 is 0. The maximum atomic E-state index is 11.7. The number of phosphoric ester groups is 1. The number of rotatable bonds is 12. The highest BCUT2D eigenvalue weighted by molar-refractivity contribution is 7.48. The molecule has 7 heteroatoms. The average Bonchev–Trinajstić information content (AvgIpc) is 2.51. The lowest BCUT2D eigenvalue weighted by Gasteiger charge is -2.14. The van der Waals surface area contributed by atoms with E-state index in [-0.39, 0.29) is 5.91 Å². The lowest BCUT2D eigenvalue weighted by molar-refractivity contribution is -0.120. The van der Waals surface area contributed by atoms with E-state index in [0.29, 0.717) is 26.2 Å². The molecule has 0 radical (unpaired) electrons. The van der Waals surface area contributed by atoms with Crippen LogP contribution in [0.1, 0.15) is 59.8 Å². The van der Waals surface area contributed by atoms with E-state index in [4.69, 9.17) is 13.6 Å². The van der Waals surface area contributed by atoms with Crippen LogP contribution in [0, 0.1) is 0 Å². The first-order valence-corrected chi connectivity index (χ1v) is 9.25. The molecule has 21 heavy (non-hydrogen) atoms. The molecule has 6 nitrogen and oxygen atoms in total. The van der Waals surface area contributed by atoms with Crippen LogP contribution in [-0.4, -0.2) is 32.8 Å². The largest absolute Gasteiger partial charge is 0.474 e. The minimum atomic E-state index is -3.34. The predicted octanol–water partition coefficient (Wildman–Crippen LogP) is 3.91. The van der Waals surface area contributed by atoms with E-state index in [1.165, 1.54) is 7.11 Å². The molecular weight excluding hydrogens is 293 g/mol. The Bertz CT molecular complexity index is 287. The summed E-state index contributed by atoms with van der Waals surface area (Å²) in [4.78, 5) is 11.0. The van der Waals surface area contributed by atoms with Crippen LogP contribution in [0.4, 0.5) is 0 Å². The Balaban J connectivity index is 0. The highest BCUT2D eigenvalue weighted by Gasteiger charge is 2.23. The second-order valence-corrected chi connectivity index (χ2v) is 5.77. The lowest BCUT2D eigenvalue weighted by atomic mass is 10.2. The van der Waals surface area contributed by atoms with E-state index in [9.17, 15) is 9.36 Å². The van der Waals surface area contributed by atoms with Crippen molar-refractivity contribution in [1.29, 1.82) is 0 Å². The Hall–Kier alpha value is -0.420. The van der Waals surface area contributed by atoms with Crippen molar-refractivity contribution in [1.82, 2.24) is 5.32 Å². The van der Waals surface area contributed by atoms with Crippen LogP contribution in [-0.2, 0) is 22.9 Å². The van der Waals surface area contributed by atoms with E-state index < -0.39 is 7.82 Å². The Morgan fingerprint density at radius 3 is 2.19 bits per heavy atom. The normalized spacial score (nSPS) is 13.0. The Morgan fingerprint density at radius 1 is 1.05 bits per heavy atom. The van der Waals surface area contributed by atoms with E-state index >= 15 is 0 Å². The third kappa shape index (κ3) is 14.3. The van der Waals surface area contributed by atoms with Crippen molar-refractivity contribution in [3.63, 3.8) is 0 Å². The summed E-state index contributed by atoms with van der Waals surface area (Å²) in [6.45, 7) is 8.93. The van der Waals surface area contributed by atoms with E-state index in [1.54, 1.807) is 6.92 Å². The van der Waals surface area contributed by atoms with Gasteiger partial charge in [0.15, 0.2) is 0 Å². The van der Waals surface area contributed by atoms with Crippen LogP contribution >= 0.6 is 7.82 Å². The topological polar surface area (TPSA) is 73.9 Å². The molecule has 0 aromatic rings. The molecule has 0 aliphatic heterocycles. The smallest absolute Gasteiger partial charge is 0.356 e. The van der Waals surface area contributed by atoms with Gasteiger partial charge in [0.2, 0.25) is 5.91 Å². The van der Waals surface area contributed by atoms with Gasteiger partial charge in [0.05, 0.1) is 13.2 Å². The van der Waals surface area contributed by atoms with Crippen molar-refractivity contribution in [2.24, 2.45) is 0 Å². The standard InChI is InChI=1S/C12H26NO5P.C2H6/c1-4-12(14)13-10-8-6-7-9-11-18-19(15,16-3)17-5-2;1-2/h4-11H2,1-3H3,(H,13,14);1-2H3. The highest BCUT2D eigenvalue weighted by Crippen LogP contribution is 2.48. The SMILES string of the molecule is CC.CCOP(=O)(OC)OCCCCCCNC(=O)CC. The minimum absolute atomic E-state index is 0.0843. The maximum absolute atomic E-state index is 11.7. The lowest BCUT2D eigenvalue weighted by Crippen LogP contribution is -2.23. The fourth-order valence-corrected chi connectivity index (χ4v) is 2.36. The summed E-state index contributed by atoms with van der Waals surface area (Å²) in [7, 11) is -2.02. The number of amides is 1. The quantitative estimate of drug-likeness (QED) is 0.435. The van der Waals surface area contributed by atoms with Crippen molar-refractivity contribution in [2.75, 3.05) is 26.9 Å². The zero-order valence-corrected chi connectivity index (χ0v) is 15.0. The molecule has 1 unspecified atom stereocenters. The van der Waals surface area contributed by atoms with Gasteiger partial charge in [-0.3, -0.25) is 18.4 Å². The first-order valence-electron chi connectivity index (χ1n) is 7.79. The first kappa shape index (κ1) is 22.9. The summed E-state index contributed by atoms with van der Waals surface area (Å²) < 4.78 is 26.5. The van der Waals surface area contributed by atoms with Gasteiger partial charge in [-0.25, -0.2) is 4.57 Å². The molecule has 1 N–H and O–H groups in total. The Kier molecular flexibility index (Phi) is 17.4. The molecule has 0 aromatic carbocycles. The van der Waals surface area contributed by atoms with Crippen LogP contribution in [0.3, 0.4) is 0 Å². The number of unbranched alkanes of at least 4 members (excludes halogenated alkanes) is 3. The van der Waals surface area contributed by atoms with E-state index in [2.05, 4.69) is 5.32 Å². The van der Waals surface area contributed by atoms with Crippen molar-refractivity contribution < 1.29 is 22.9 Å². The minimum Gasteiger partial charge on any atom is -0.356 e. The Labute approximate surface area is 129 Å². The molecule has 1 amide bonds. The van der Waals surface area contributed by atoms with E-state index in [0.717, 1.165) is 25.7 Å². The van der Waals surface area contributed by atoms with Crippen LogP contribution in [0.2, 0.25) is 0 Å². The third-order valence-corrected chi connectivity index (χ3v) is 4.00. The van der Waals surface area contributed by atoms with Crippen molar-refractivity contribution in [3.05, 3.63) is 0 Å². The molecule has 0 saturated heterocycles. The summed E-state index contributed by atoms with van der Waals surface area (Å²) in [5.74, 6) is 0.0843. The first-order chi connectivity index (χ1) is 10.1. The predicted molar refractivity (Wildman–Crippen MR) is 85.3 cm³/mol. The van der Waals surface area contributed by atoms with Gasteiger partial charge in [0.25, 0.3) is 0 Å². The van der Waals surface area contributed by atoms with Crippen molar-refractivity contribution in [3.8, 4) is 0 Å². The van der Waals surface area contributed by atoms with Gasteiger partial charge in [0.1, 0.15) is 0 Å². The Morgan fingerprint density at radius 2 is 1.67 bits per heavy atom. The van der Waals surface area contributed by atoms with Gasteiger partial charge >= 0.3 is 7.82 Å². The number of hydrogen-bond donors (Lipinski definition) is 1. The zero-order chi connectivity index (χ0) is 16.6. The summed E-state index contributed by atoms with van der Waals surface area (Å²) in [5, 5.41) is 2.82. The number of phosphoric acid groups is 1. The summed E-state index contributed by atoms with van der Waals surface area (Å²) in [6.07, 6.45) is 4.22. The van der Waals surface area contributed by atoms with E-state index in [1.807, 2.05) is 20.8 Å². The molecule has 128 valence electrons. The number of carbonyl (C=O) groups excluding carboxylic acids is 1. The van der Waals surface area contributed by atoms with Gasteiger partial charge < -0.3 is 5.32 Å². The van der Waals surface area contributed by atoms with Crippen LogP contribution in [0.15, 0.2) is 0 Å². The molecule has 0 aliphatic rings. The highest BCUT2D eigenvalue weighted by atomic mass is 31.2. The monoisotopic (exact) mass is 325 g/mol. The number of hydrogen-bond acceptors (Lipinski definition) is 5. The van der Waals surface area contributed by atoms with Gasteiger partial charge in [-0.1, -0.05) is 33.6 Å². The number of carbonyl (C=O) groups is 1. The summed E-state index contributed by atoms with van der Waals surface area (Å²) in [5.41, 5.74) is 0. The van der Waals surface area contributed by atoms with Crippen LogP contribution in [0.25, 0.3) is 0 Å². The fraction of sp³-hybridized carbons (Fsp3) is 0.929. The van der Waals surface area contributed by atoms with Crippen LogP contribution in [0.5, 0.6) is 0 Å². The van der Waals surface area contributed by atoms with Gasteiger partial charge in [-0.15, -0.1) is 0 Å². The molecule has 0 rings (SSSR count). The average molecular weight is 325 g/mol. The molecular formula is C14H32NO5P. The van der Waals surface area contributed by atoms with Crippen LogP contribution < -0.4 is 5.32 Å². The maximum Gasteiger partial charge on any atom is 0.474 e. The molecule has 0 bridgehead atoms. The van der Waals surface area contributed by atoms with Crippen molar-refractivity contribution >= 4 is 13.7 Å². The summed E-state index contributed by atoms with van der Waals surface area (Å²) in [6, 6.07) is 0. The second kappa shape index (κ2) is 16.0. The third-order valence-electron chi connectivity index (χ3n) is 2.47. The fourth-order valence-electron chi connectivity index (χ4n) is 1.41. The molecule has 0 aliphatic carbocycles. The van der Waals surface area contributed by atoms with Crippen molar-refractivity contribution in [2.45, 2.75) is 59.8 Å². The molecule has 0 spiro atoms. The molecule has 0 heterocycles. The molecule has 0 aromatic heterocycles. The zero-order valence-electron chi connectivity index (χ0n) is 14.1. The molecule has 0 fully saturated rings. The number of nitrogens with one attached hydrogen (secondary N) is 1. The molecule has 0 saturated carbocycles. The van der Waals surface area contributed by atoms with Gasteiger partial charge in [0, 0.05) is 20.1 Å². The molecule has 1 atom stereocenters. The second-order valence-electron chi connectivity index (χ2n) is 4.00. The van der Waals surface area contributed by atoms with Gasteiger partial charge in [-0.2, -0.15) is 0 Å². The van der Waals surface area contributed by atoms with Gasteiger partial charge in [-0.05, 0) is 19.8 Å².